The molecule has 6 nitrogen and oxygen atoms in total. The van der Waals surface area contributed by atoms with E-state index in [0.717, 1.165) is 19.3 Å². The molecule has 126 valence electrons. The maximum atomic E-state index is 9.82. The average molecular weight is 306 g/mol. The van der Waals surface area contributed by atoms with Crippen molar-refractivity contribution in [3.63, 3.8) is 0 Å². The lowest BCUT2D eigenvalue weighted by Crippen LogP contribution is -2.50. The van der Waals surface area contributed by atoms with E-state index in [-0.39, 0.29) is 19.6 Å². The molecule has 6 heteroatoms. The average Bonchev–Trinajstić information content (AvgIpc) is 2.47. The lowest BCUT2D eigenvalue weighted by Gasteiger charge is -2.36. The van der Waals surface area contributed by atoms with E-state index >= 15 is 0 Å². The van der Waals surface area contributed by atoms with Crippen LogP contribution in [0.5, 0.6) is 0 Å². The minimum atomic E-state index is -1.12. The second-order valence-electron chi connectivity index (χ2n) is 5.77. The van der Waals surface area contributed by atoms with E-state index in [1.54, 1.807) is 0 Å². The van der Waals surface area contributed by atoms with E-state index in [1.807, 2.05) is 0 Å². The summed E-state index contributed by atoms with van der Waals surface area (Å²) in [5.74, 6) is 0. The van der Waals surface area contributed by atoms with E-state index in [1.165, 1.54) is 12.8 Å². The van der Waals surface area contributed by atoms with Gasteiger partial charge in [0.05, 0.1) is 31.5 Å². The van der Waals surface area contributed by atoms with Crippen LogP contribution in [0.4, 0.5) is 0 Å². The molecule has 1 saturated heterocycles. The fourth-order valence-corrected chi connectivity index (χ4v) is 2.44. The first-order chi connectivity index (χ1) is 10.1. The number of unbranched alkanes of at least 4 members (excludes halogenated alkanes) is 3. The minimum Gasteiger partial charge on any atom is -0.394 e. The van der Waals surface area contributed by atoms with Gasteiger partial charge >= 0.3 is 0 Å². The summed E-state index contributed by atoms with van der Waals surface area (Å²) in [6.45, 7) is 2.18. The Hall–Kier alpha value is -0.240. The maximum absolute atomic E-state index is 9.82. The second-order valence-corrected chi connectivity index (χ2v) is 5.77. The third-order valence-corrected chi connectivity index (χ3v) is 3.83. The van der Waals surface area contributed by atoms with Gasteiger partial charge in [-0.2, -0.15) is 0 Å². The molecule has 0 bridgehead atoms. The molecule has 1 aliphatic rings. The molecule has 4 N–H and O–H groups in total. The fourth-order valence-electron chi connectivity index (χ4n) is 2.44. The number of hydrogen-bond acceptors (Lipinski definition) is 6. The van der Waals surface area contributed by atoms with Gasteiger partial charge in [-0.05, 0) is 12.8 Å². The van der Waals surface area contributed by atoms with Crippen molar-refractivity contribution >= 4 is 0 Å². The molecular formula is C15H30O6. The van der Waals surface area contributed by atoms with Gasteiger partial charge in [0.1, 0.15) is 6.10 Å². The van der Waals surface area contributed by atoms with Crippen LogP contribution in [0.25, 0.3) is 0 Å². The molecule has 1 fully saturated rings. The molecule has 0 aromatic heterocycles. The monoisotopic (exact) mass is 306 g/mol. The standard InChI is InChI=1S/C15H30O6/c1-2-3-4-5-6-11(17)7-8-20-15-14(19)13(18)9-12(10-16)21-15/h11-19H,2-10H2,1H3. The molecular weight excluding hydrogens is 276 g/mol. The largest absolute Gasteiger partial charge is 0.394 e. The van der Waals surface area contributed by atoms with Gasteiger partial charge in [0, 0.05) is 6.42 Å². The predicted octanol–water partition coefficient (Wildman–Crippen LogP) is 0.553. The number of ether oxygens (including phenoxy) is 2. The Morgan fingerprint density at radius 3 is 2.62 bits per heavy atom. The highest BCUT2D eigenvalue weighted by atomic mass is 16.7. The quantitative estimate of drug-likeness (QED) is 0.440. The van der Waals surface area contributed by atoms with Crippen LogP contribution < -0.4 is 0 Å². The highest BCUT2D eigenvalue weighted by Gasteiger charge is 2.37. The first-order valence-electron chi connectivity index (χ1n) is 8.00. The third kappa shape index (κ3) is 7.04. The summed E-state index contributed by atoms with van der Waals surface area (Å²) in [4.78, 5) is 0. The summed E-state index contributed by atoms with van der Waals surface area (Å²) in [5, 5.41) is 38.3. The van der Waals surface area contributed by atoms with Crippen LogP contribution in [0.15, 0.2) is 0 Å². The molecule has 0 saturated carbocycles. The summed E-state index contributed by atoms with van der Waals surface area (Å²) >= 11 is 0. The Balaban J connectivity index is 2.18. The van der Waals surface area contributed by atoms with Crippen molar-refractivity contribution in [2.24, 2.45) is 0 Å². The van der Waals surface area contributed by atoms with Gasteiger partial charge in [-0.25, -0.2) is 0 Å². The van der Waals surface area contributed by atoms with Crippen molar-refractivity contribution < 1.29 is 29.9 Å². The Bertz CT molecular complexity index is 263. The Kier molecular flexibility index (Phi) is 9.39. The third-order valence-electron chi connectivity index (χ3n) is 3.83. The van der Waals surface area contributed by atoms with Crippen LogP contribution in [0, 0.1) is 0 Å². The molecule has 0 aromatic carbocycles. The summed E-state index contributed by atoms with van der Waals surface area (Å²) < 4.78 is 10.7. The smallest absolute Gasteiger partial charge is 0.186 e. The van der Waals surface area contributed by atoms with Crippen molar-refractivity contribution in [1.29, 1.82) is 0 Å². The molecule has 5 atom stereocenters. The van der Waals surface area contributed by atoms with Crippen LogP contribution in [-0.2, 0) is 9.47 Å². The van der Waals surface area contributed by atoms with Crippen molar-refractivity contribution in [1.82, 2.24) is 0 Å². The van der Waals surface area contributed by atoms with Gasteiger partial charge in [-0.3, -0.25) is 0 Å². The number of aliphatic hydroxyl groups is 4. The molecule has 0 aliphatic carbocycles. The van der Waals surface area contributed by atoms with Crippen LogP contribution in [0.3, 0.4) is 0 Å². The van der Waals surface area contributed by atoms with Gasteiger partial charge in [0.25, 0.3) is 0 Å². The molecule has 0 radical (unpaired) electrons. The Morgan fingerprint density at radius 2 is 1.95 bits per heavy atom. The van der Waals surface area contributed by atoms with Crippen molar-refractivity contribution in [3.05, 3.63) is 0 Å². The molecule has 0 aromatic rings. The minimum absolute atomic E-state index is 0.192. The Morgan fingerprint density at radius 1 is 1.19 bits per heavy atom. The highest BCUT2D eigenvalue weighted by Crippen LogP contribution is 2.21. The van der Waals surface area contributed by atoms with Crippen molar-refractivity contribution in [2.75, 3.05) is 13.2 Å². The highest BCUT2D eigenvalue weighted by molar-refractivity contribution is 4.80. The van der Waals surface area contributed by atoms with Gasteiger partial charge < -0.3 is 29.9 Å². The fraction of sp³-hybridized carbons (Fsp3) is 1.00. The maximum Gasteiger partial charge on any atom is 0.186 e. The SMILES string of the molecule is CCCCCCC(O)CCOC1OC(CO)CC(O)C1O. The molecule has 0 amide bonds. The lowest BCUT2D eigenvalue weighted by molar-refractivity contribution is -0.272. The molecule has 0 spiro atoms. The second kappa shape index (κ2) is 10.5. The number of hydrogen-bond donors (Lipinski definition) is 4. The summed E-state index contributed by atoms with van der Waals surface area (Å²) in [6.07, 6.45) is 1.94. The number of rotatable bonds is 10. The molecule has 21 heavy (non-hydrogen) atoms. The van der Waals surface area contributed by atoms with Crippen LogP contribution >= 0.6 is 0 Å². The Labute approximate surface area is 126 Å². The molecule has 1 rings (SSSR count). The lowest BCUT2D eigenvalue weighted by atomic mass is 10.0. The normalized spacial score (nSPS) is 31.3. The van der Waals surface area contributed by atoms with Crippen LogP contribution in [0.1, 0.15) is 51.9 Å². The van der Waals surface area contributed by atoms with E-state index in [4.69, 9.17) is 14.6 Å². The van der Waals surface area contributed by atoms with E-state index < -0.39 is 30.7 Å². The molecule has 1 aliphatic heterocycles. The summed E-state index contributed by atoms with van der Waals surface area (Å²) in [5.41, 5.74) is 0. The molecule has 1 heterocycles. The van der Waals surface area contributed by atoms with E-state index in [0.29, 0.717) is 6.42 Å². The zero-order chi connectivity index (χ0) is 15.7. The zero-order valence-electron chi connectivity index (χ0n) is 12.9. The zero-order valence-corrected chi connectivity index (χ0v) is 12.9. The first-order valence-corrected chi connectivity index (χ1v) is 8.00. The summed E-state index contributed by atoms with van der Waals surface area (Å²) in [6, 6.07) is 0. The number of aliphatic hydroxyl groups excluding tert-OH is 4. The van der Waals surface area contributed by atoms with E-state index in [9.17, 15) is 15.3 Å². The first kappa shape index (κ1) is 18.8. The van der Waals surface area contributed by atoms with Crippen LogP contribution in [-0.4, -0.2) is 64.3 Å². The predicted molar refractivity (Wildman–Crippen MR) is 77.7 cm³/mol. The van der Waals surface area contributed by atoms with Crippen molar-refractivity contribution in [3.8, 4) is 0 Å². The van der Waals surface area contributed by atoms with Crippen molar-refractivity contribution in [2.45, 2.75) is 82.6 Å². The van der Waals surface area contributed by atoms with E-state index in [2.05, 4.69) is 6.92 Å². The topological polar surface area (TPSA) is 99.4 Å². The summed E-state index contributed by atoms with van der Waals surface area (Å²) in [7, 11) is 0. The van der Waals surface area contributed by atoms with Gasteiger partial charge in [-0.15, -0.1) is 0 Å². The van der Waals surface area contributed by atoms with Gasteiger partial charge in [-0.1, -0.05) is 32.6 Å². The van der Waals surface area contributed by atoms with Gasteiger partial charge in [0.15, 0.2) is 6.29 Å². The van der Waals surface area contributed by atoms with Gasteiger partial charge in [0.2, 0.25) is 0 Å². The van der Waals surface area contributed by atoms with Crippen LogP contribution in [0.2, 0.25) is 0 Å². The molecule has 5 unspecified atom stereocenters.